The molecule has 6 heteroatoms. The van der Waals surface area contributed by atoms with Crippen molar-refractivity contribution >= 4 is 23.8 Å². The van der Waals surface area contributed by atoms with Crippen LogP contribution in [0.3, 0.4) is 0 Å². The van der Waals surface area contributed by atoms with E-state index in [0.29, 0.717) is 17.9 Å². The number of ether oxygens (including phenoxy) is 1. The average molecular weight is 699 g/mol. The number of hydrogen-bond acceptors (Lipinski definition) is 6. The topological polar surface area (TPSA) is 62.4 Å². The van der Waals surface area contributed by atoms with Crippen molar-refractivity contribution in [2.45, 2.75) is 70.3 Å². The Kier molecular flexibility index (Phi) is 7.09. The van der Waals surface area contributed by atoms with Gasteiger partial charge in [-0.05, 0) is 73.1 Å². The summed E-state index contributed by atoms with van der Waals surface area (Å²) >= 11 is 0. The van der Waals surface area contributed by atoms with E-state index in [1.54, 1.807) is 0 Å². The number of nitrogens with zero attached hydrogens (tertiary/aromatic N) is 3. The van der Waals surface area contributed by atoms with Crippen molar-refractivity contribution in [3.8, 4) is 0 Å². The first-order valence-electron chi connectivity index (χ1n) is 19.8. The molecule has 0 spiro atoms. The highest BCUT2D eigenvalue weighted by molar-refractivity contribution is 6.13. The number of rotatable bonds is 4. The first kappa shape index (κ1) is 31.4. The van der Waals surface area contributed by atoms with Crippen LogP contribution in [0.2, 0.25) is 0 Å². The van der Waals surface area contributed by atoms with E-state index in [0.717, 1.165) is 61.1 Å². The molecule has 1 aromatic rings. The summed E-state index contributed by atoms with van der Waals surface area (Å²) in [6.45, 7) is 4.71. The maximum absolute atomic E-state index is 6.75. The molecule has 11 rings (SSSR count). The van der Waals surface area contributed by atoms with E-state index in [9.17, 15) is 0 Å². The molecule has 0 aromatic carbocycles. The van der Waals surface area contributed by atoms with Crippen LogP contribution in [0, 0.1) is 35.0 Å². The van der Waals surface area contributed by atoms with Gasteiger partial charge in [-0.3, -0.25) is 0 Å². The summed E-state index contributed by atoms with van der Waals surface area (Å²) in [5, 5.41) is 3.85. The van der Waals surface area contributed by atoms with Crippen molar-refractivity contribution in [2.24, 2.45) is 45.0 Å². The Balaban J connectivity index is 0.953. The Morgan fingerprint density at radius 1 is 0.887 bits per heavy atom. The van der Waals surface area contributed by atoms with Crippen LogP contribution in [-0.4, -0.2) is 40.9 Å². The van der Waals surface area contributed by atoms with E-state index in [4.69, 9.17) is 19.1 Å². The van der Waals surface area contributed by atoms with E-state index in [-0.39, 0.29) is 41.5 Å². The molecule has 1 N–H and O–H groups in total. The van der Waals surface area contributed by atoms with E-state index in [1.807, 2.05) is 0 Å². The predicted molar refractivity (Wildman–Crippen MR) is 213 cm³/mol. The third-order valence-corrected chi connectivity index (χ3v) is 13.5. The van der Waals surface area contributed by atoms with Gasteiger partial charge in [-0.15, -0.1) is 0 Å². The van der Waals surface area contributed by atoms with Gasteiger partial charge in [0.05, 0.1) is 12.1 Å². The van der Waals surface area contributed by atoms with Crippen LogP contribution < -0.4 is 5.32 Å². The van der Waals surface area contributed by atoms with Crippen molar-refractivity contribution in [3.05, 3.63) is 155 Å². The standard InChI is InChI=1S/C47H46N4O2/c1-28-12-3-4-13-31(28)45-48-44(29-21-23-33-32-14-5-8-18-38(32)53-41(33)26-29)49-46(50-45)34-15-11-19-40-43(34)35-27-30(22-24-39(35)52-40)51-37-17-7-6-16-36(37)47(2)25-10-9-20-42(47)51/h3-7,9-14,16-17,19-20,22,24-28,31,34-37,39,42,45H,8,15,18,21,23H2,1-2H3,(H,48,49,50). The van der Waals surface area contributed by atoms with Crippen molar-refractivity contribution in [3.63, 3.8) is 0 Å². The fourth-order valence-corrected chi connectivity index (χ4v) is 10.7. The number of amidine groups is 2. The number of allylic oxidation sites excluding steroid dienone is 11. The lowest BCUT2D eigenvalue weighted by atomic mass is 9.70. The molecular weight excluding hydrogens is 653 g/mol. The van der Waals surface area contributed by atoms with Crippen LogP contribution in [-0.2, 0) is 17.6 Å². The molecule has 6 nitrogen and oxygen atoms in total. The summed E-state index contributed by atoms with van der Waals surface area (Å²) in [4.78, 5) is 13.5. The van der Waals surface area contributed by atoms with Crippen LogP contribution in [0.15, 0.2) is 146 Å². The second-order valence-electron chi connectivity index (χ2n) is 16.4. The molecule has 3 aliphatic heterocycles. The monoisotopic (exact) mass is 698 g/mol. The van der Waals surface area contributed by atoms with Gasteiger partial charge >= 0.3 is 0 Å². The van der Waals surface area contributed by atoms with Crippen LogP contribution in [0.25, 0.3) is 12.2 Å². The molecule has 10 unspecified atom stereocenters. The Hall–Kier alpha value is -5.10. The number of likely N-dealkylation sites (tertiary alicyclic amines) is 1. The lowest BCUT2D eigenvalue weighted by Gasteiger charge is -2.38. The average Bonchev–Trinajstić information content (AvgIpc) is 3.85. The molecule has 4 heterocycles. The van der Waals surface area contributed by atoms with Crippen molar-refractivity contribution < 1.29 is 9.15 Å². The van der Waals surface area contributed by atoms with Gasteiger partial charge in [0, 0.05) is 52.3 Å². The largest absolute Gasteiger partial charge is 0.485 e. The predicted octanol–water partition coefficient (Wildman–Crippen LogP) is 8.90. The van der Waals surface area contributed by atoms with Crippen molar-refractivity contribution in [1.82, 2.24) is 10.2 Å². The quantitative estimate of drug-likeness (QED) is 0.341. The second-order valence-corrected chi connectivity index (χ2v) is 16.4. The smallest absolute Gasteiger partial charge is 0.150 e. The molecule has 53 heavy (non-hydrogen) atoms. The number of nitrogens with one attached hydrogen (secondary N) is 1. The molecule has 0 amide bonds. The van der Waals surface area contributed by atoms with Crippen LogP contribution in [0.1, 0.15) is 55.8 Å². The molecule has 0 radical (unpaired) electrons. The maximum Gasteiger partial charge on any atom is 0.150 e. The molecule has 1 saturated heterocycles. The Morgan fingerprint density at radius 2 is 1.77 bits per heavy atom. The fourth-order valence-electron chi connectivity index (χ4n) is 10.7. The lowest BCUT2D eigenvalue weighted by molar-refractivity contribution is 0.170. The van der Waals surface area contributed by atoms with E-state index >= 15 is 0 Å². The van der Waals surface area contributed by atoms with E-state index in [1.165, 1.54) is 28.0 Å². The third kappa shape index (κ3) is 4.83. The zero-order valence-electron chi connectivity index (χ0n) is 30.4. The van der Waals surface area contributed by atoms with Gasteiger partial charge < -0.3 is 19.4 Å². The maximum atomic E-state index is 6.75. The van der Waals surface area contributed by atoms with Crippen molar-refractivity contribution in [2.75, 3.05) is 0 Å². The summed E-state index contributed by atoms with van der Waals surface area (Å²) in [5.41, 5.74) is 6.49. The van der Waals surface area contributed by atoms with Gasteiger partial charge in [0.1, 0.15) is 35.1 Å². The Morgan fingerprint density at radius 3 is 2.72 bits per heavy atom. The molecule has 10 aliphatic rings. The zero-order chi connectivity index (χ0) is 35.3. The number of hydrogen-bond donors (Lipinski definition) is 1. The molecule has 10 atom stereocenters. The van der Waals surface area contributed by atoms with Gasteiger partial charge in [0.15, 0.2) is 6.17 Å². The molecule has 7 aliphatic carbocycles. The van der Waals surface area contributed by atoms with Crippen molar-refractivity contribution in [1.29, 1.82) is 0 Å². The van der Waals surface area contributed by atoms with Gasteiger partial charge in [-0.25, -0.2) is 9.98 Å². The summed E-state index contributed by atoms with van der Waals surface area (Å²) in [5.74, 6) is 6.19. The lowest BCUT2D eigenvalue weighted by Crippen LogP contribution is -2.45. The van der Waals surface area contributed by atoms with Gasteiger partial charge in [0.25, 0.3) is 0 Å². The molecule has 0 saturated carbocycles. The van der Waals surface area contributed by atoms with Crippen LogP contribution in [0.5, 0.6) is 0 Å². The summed E-state index contributed by atoms with van der Waals surface area (Å²) in [7, 11) is 0. The first-order chi connectivity index (χ1) is 26.0. The normalized spacial score (nSPS) is 37.8. The highest BCUT2D eigenvalue weighted by Gasteiger charge is 2.54. The summed E-state index contributed by atoms with van der Waals surface area (Å²) in [6.07, 6.45) is 50.3. The highest BCUT2D eigenvalue weighted by atomic mass is 16.5. The number of fused-ring (bicyclic) bond motifs is 8. The molecule has 1 aromatic heterocycles. The molecular formula is C47H46N4O2. The molecule has 0 bridgehead atoms. The first-order valence-corrected chi connectivity index (χ1v) is 19.8. The molecule has 266 valence electrons. The SMILES string of the molecule is CC1C=CC=CC1C1N=C(C2=Cc3oc4c(c3CC2)C=CCC4)NC(C2CC=CC3=C2C2C=C(N4C5C=CC=CC5C5(C)C=CC=CC45)C=CC2O3)=N1. The number of aliphatic imine (C=N–C) groups is 2. The fraction of sp³-hybridized carbons (Fsp3) is 0.362. The highest BCUT2D eigenvalue weighted by Crippen LogP contribution is 2.54. The van der Waals surface area contributed by atoms with E-state index < -0.39 is 0 Å². The minimum Gasteiger partial charge on any atom is -0.485 e. The van der Waals surface area contributed by atoms with Gasteiger partial charge in [-0.1, -0.05) is 105 Å². The van der Waals surface area contributed by atoms with Crippen LogP contribution in [0.4, 0.5) is 0 Å². The van der Waals surface area contributed by atoms with Crippen LogP contribution >= 0.6 is 0 Å². The minimum atomic E-state index is -0.214. The summed E-state index contributed by atoms with van der Waals surface area (Å²) in [6, 6.07) is 0.583. The second kappa shape index (κ2) is 12.0. The zero-order valence-corrected chi connectivity index (χ0v) is 30.4. The van der Waals surface area contributed by atoms with Gasteiger partial charge in [0.2, 0.25) is 0 Å². The number of aryl methyl sites for hydroxylation is 1. The minimum absolute atomic E-state index is 0.0274. The molecule has 1 fully saturated rings. The van der Waals surface area contributed by atoms with E-state index in [2.05, 4.69) is 146 Å². The number of furan rings is 1. The van der Waals surface area contributed by atoms with Gasteiger partial charge in [-0.2, -0.15) is 0 Å². The summed E-state index contributed by atoms with van der Waals surface area (Å²) < 4.78 is 13.2. The Bertz CT molecular complexity index is 2220. The third-order valence-electron chi connectivity index (χ3n) is 13.5. The Labute approximate surface area is 312 Å².